The van der Waals surface area contributed by atoms with Gasteiger partial charge in [0.25, 0.3) is 0 Å². The van der Waals surface area contributed by atoms with Crippen LogP contribution in [0.15, 0.2) is 18.2 Å². The highest BCUT2D eigenvalue weighted by Crippen LogP contribution is 2.31. The van der Waals surface area contributed by atoms with Crippen LogP contribution in [-0.4, -0.2) is 18.5 Å². The maximum atomic E-state index is 11.9. The summed E-state index contributed by atoms with van der Waals surface area (Å²) < 4.78 is 0. The van der Waals surface area contributed by atoms with Gasteiger partial charge in [-0.3, -0.25) is 4.79 Å². The van der Waals surface area contributed by atoms with Crippen molar-refractivity contribution in [2.75, 3.05) is 6.54 Å². The second-order valence-electron chi connectivity index (χ2n) is 5.94. The van der Waals surface area contributed by atoms with Crippen molar-refractivity contribution in [1.29, 1.82) is 0 Å². The minimum absolute atomic E-state index is 0. The Bertz CT molecular complexity index is 485. The van der Waals surface area contributed by atoms with Crippen molar-refractivity contribution in [2.45, 2.75) is 44.6 Å². The number of fused-ring (bicyclic) bond motifs is 1. The number of aryl methyl sites for hydroxylation is 2. The fraction of sp³-hybridized carbons (Fsp3) is 0.562. The summed E-state index contributed by atoms with van der Waals surface area (Å²) in [4.78, 5) is 11.9. The first-order valence-electron chi connectivity index (χ1n) is 7.35. The molecule has 0 aromatic heterocycles. The quantitative estimate of drug-likeness (QED) is 0.873. The molecule has 1 aromatic carbocycles. The minimum Gasteiger partial charge on any atom is -0.354 e. The SMILES string of the molecule is Cl.NC(CNC(=O)Cc1ccc2c(c1)CCC2)C1CC1. The van der Waals surface area contributed by atoms with Gasteiger partial charge in [-0.2, -0.15) is 0 Å². The summed E-state index contributed by atoms with van der Waals surface area (Å²) in [6.45, 7) is 0.619. The van der Waals surface area contributed by atoms with Gasteiger partial charge in [0.2, 0.25) is 5.91 Å². The molecular formula is C16H23ClN2O. The molecule has 3 N–H and O–H groups in total. The molecule has 0 spiro atoms. The Labute approximate surface area is 126 Å². The average Bonchev–Trinajstić information content (AvgIpc) is 3.15. The third-order valence-corrected chi connectivity index (χ3v) is 4.29. The molecule has 3 nitrogen and oxygen atoms in total. The van der Waals surface area contributed by atoms with Gasteiger partial charge in [0.05, 0.1) is 6.42 Å². The van der Waals surface area contributed by atoms with Gasteiger partial charge in [-0.15, -0.1) is 12.4 Å². The number of nitrogens with one attached hydrogen (secondary N) is 1. The molecule has 4 heteroatoms. The predicted molar refractivity (Wildman–Crippen MR) is 83.1 cm³/mol. The third-order valence-electron chi connectivity index (χ3n) is 4.29. The summed E-state index contributed by atoms with van der Waals surface area (Å²) in [6, 6.07) is 6.61. The second-order valence-corrected chi connectivity index (χ2v) is 5.94. The molecule has 0 saturated heterocycles. The van der Waals surface area contributed by atoms with Gasteiger partial charge >= 0.3 is 0 Å². The van der Waals surface area contributed by atoms with Crippen molar-refractivity contribution in [3.05, 3.63) is 34.9 Å². The number of carbonyl (C=O) groups is 1. The lowest BCUT2D eigenvalue weighted by molar-refractivity contribution is -0.120. The fourth-order valence-corrected chi connectivity index (χ4v) is 2.91. The zero-order chi connectivity index (χ0) is 13.2. The molecule has 1 fully saturated rings. The fourth-order valence-electron chi connectivity index (χ4n) is 2.91. The molecule has 2 aliphatic carbocycles. The van der Waals surface area contributed by atoms with Crippen LogP contribution in [0.4, 0.5) is 0 Å². The van der Waals surface area contributed by atoms with Gasteiger partial charge in [-0.1, -0.05) is 18.2 Å². The minimum atomic E-state index is 0. The lowest BCUT2D eigenvalue weighted by Crippen LogP contribution is -2.39. The monoisotopic (exact) mass is 294 g/mol. The normalized spacial score (nSPS) is 18.1. The highest BCUT2D eigenvalue weighted by atomic mass is 35.5. The van der Waals surface area contributed by atoms with Crippen LogP contribution in [0.1, 0.15) is 36.0 Å². The first-order valence-corrected chi connectivity index (χ1v) is 7.35. The summed E-state index contributed by atoms with van der Waals surface area (Å²) in [7, 11) is 0. The van der Waals surface area contributed by atoms with Crippen LogP contribution in [0.25, 0.3) is 0 Å². The predicted octanol–water partition coefficient (Wildman–Crippen LogP) is 1.99. The van der Waals surface area contributed by atoms with E-state index in [1.807, 2.05) is 0 Å². The third kappa shape index (κ3) is 3.74. The first-order chi connectivity index (χ1) is 9.22. The van der Waals surface area contributed by atoms with Crippen LogP contribution in [0.2, 0.25) is 0 Å². The van der Waals surface area contributed by atoms with Crippen molar-refractivity contribution >= 4 is 18.3 Å². The molecule has 3 rings (SSSR count). The van der Waals surface area contributed by atoms with Gasteiger partial charge in [-0.05, 0) is 54.7 Å². The molecule has 0 bridgehead atoms. The highest BCUT2D eigenvalue weighted by Gasteiger charge is 2.28. The van der Waals surface area contributed by atoms with E-state index >= 15 is 0 Å². The van der Waals surface area contributed by atoms with E-state index in [0.29, 0.717) is 18.9 Å². The van der Waals surface area contributed by atoms with Gasteiger partial charge in [0, 0.05) is 12.6 Å². The van der Waals surface area contributed by atoms with Crippen LogP contribution >= 0.6 is 12.4 Å². The molecule has 110 valence electrons. The zero-order valence-corrected chi connectivity index (χ0v) is 12.5. The van der Waals surface area contributed by atoms with Gasteiger partial charge in [-0.25, -0.2) is 0 Å². The molecular weight excluding hydrogens is 272 g/mol. The molecule has 0 aliphatic heterocycles. The number of benzene rings is 1. The molecule has 1 aromatic rings. The summed E-state index contributed by atoms with van der Waals surface area (Å²) in [5, 5.41) is 2.96. The topological polar surface area (TPSA) is 55.1 Å². The molecule has 1 unspecified atom stereocenters. The van der Waals surface area contributed by atoms with Crippen LogP contribution < -0.4 is 11.1 Å². The summed E-state index contributed by atoms with van der Waals surface area (Å²) in [5.41, 5.74) is 9.99. The van der Waals surface area contributed by atoms with Gasteiger partial charge in [0.1, 0.15) is 0 Å². The number of hydrogen-bond donors (Lipinski definition) is 2. The maximum Gasteiger partial charge on any atom is 0.224 e. The standard InChI is InChI=1S/C16H22N2O.ClH/c17-15(13-6-7-13)10-18-16(19)9-11-4-5-12-2-1-3-14(12)8-11;/h4-5,8,13,15H,1-3,6-7,9-10,17H2,(H,18,19);1H. The van der Waals surface area contributed by atoms with Crippen molar-refractivity contribution in [1.82, 2.24) is 5.32 Å². The Kier molecular flexibility index (Phi) is 5.06. The van der Waals surface area contributed by atoms with E-state index in [1.165, 1.54) is 36.8 Å². The van der Waals surface area contributed by atoms with E-state index in [1.54, 1.807) is 0 Å². The van der Waals surface area contributed by atoms with Crippen molar-refractivity contribution in [2.24, 2.45) is 11.7 Å². The van der Waals surface area contributed by atoms with Crippen LogP contribution in [-0.2, 0) is 24.1 Å². The van der Waals surface area contributed by atoms with Crippen molar-refractivity contribution in [3.63, 3.8) is 0 Å². The van der Waals surface area contributed by atoms with Gasteiger partial charge < -0.3 is 11.1 Å². The molecule has 0 radical (unpaired) electrons. The number of rotatable bonds is 5. The molecule has 1 saturated carbocycles. The number of halogens is 1. The first kappa shape index (κ1) is 15.3. The number of amides is 1. The van der Waals surface area contributed by atoms with E-state index in [0.717, 1.165) is 12.0 Å². The molecule has 1 amide bonds. The molecule has 20 heavy (non-hydrogen) atoms. The summed E-state index contributed by atoms with van der Waals surface area (Å²) in [5.74, 6) is 0.731. The Hall–Kier alpha value is -1.06. The summed E-state index contributed by atoms with van der Waals surface area (Å²) >= 11 is 0. The van der Waals surface area contributed by atoms with E-state index in [4.69, 9.17) is 5.73 Å². The smallest absolute Gasteiger partial charge is 0.224 e. The molecule has 0 heterocycles. The Morgan fingerprint density at radius 3 is 2.80 bits per heavy atom. The van der Waals surface area contributed by atoms with E-state index < -0.39 is 0 Å². The lowest BCUT2D eigenvalue weighted by Gasteiger charge is -2.12. The Morgan fingerprint density at radius 1 is 1.30 bits per heavy atom. The second kappa shape index (κ2) is 6.59. The molecule has 2 aliphatic rings. The van der Waals surface area contributed by atoms with E-state index in [2.05, 4.69) is 23.5 Å². The van der Waals surface area contributed by atoms with Crippen LogP contribution in [0.3, 0.4) is 0 Å². The molecule has 1 atom stereocenters. The van der Waals surface area contributed by atoms with Gasteiger partial charge in [0.15, 0.2) is 0 Å². The largest absolute Gasteiger partial charge is 0.354 e. The number of carbonyl (C=O) groups excluding carboxylic acids is 1. The Morgan fingerprint density at radius 2 is 2.05 bits per heavy atom. The van der Waals surface area contributed by atoms with Crippen molar-refractivity contribution in [3.8, 4) is 0 Å². The maximum absolute atomic E-state index is 11.9. The van der Waals surface area contributed by atoms with Crippen molar-refractivity contribution < 1.29 is 4.79 Å². The Balaban J connectivity index is 0.00000147. The summed E-state index contributed by atoms with van der Waals surface area (Å²) in [6.07, 6.45) is 6.53. The number of hydrogen-bond acceptors (Lipinski definition) is 2. The number of nitrogens with two attached hydrogens (primary N) is 1. The van der Waals surface area contributed by atoms with E-state index in [-0.39, 0.29) is 24.4 Å². The average molecular weight is 295 g/mol. The lowest BCUT2D eigenvalue weighted by atomic mass is 10.0. The van der Waals surface area contributed by atoms with E-state index in [9.17, 15) is 4.79 Å². The zero-order valence-electron chi connectivity index (χ0n) is 11.7. The van der Waals surface area contributed by atoms with Crippen LogP contribution in [0.5, 0.6) is 0 Å². The highest BCUT2D eigenvalue weighted by molar-refractivity contribution is 5.85. The van der Waals surface area contributed by atoms with Crippen LogP contribution in [0, 0.1) is 5.92 Å².